The second-order valence-corrected chi connectivity index (χ2v) is 12.5. The van der Waals surface area contributed by atoms with Crippen molar-refractivity contribution in [3.63, 3.8) is 0 Å². The molecule has 9 heteroatoms. The highest BCUT2D eigenvalue weighted by molar-refractivity contribution is 9.10. The second-order valence-electron chi connectivity index (χ2n) is 9.75. The first-order chi connectivity index (χ1) is 18.4. The van der Waals surface area contributed by atoms with Gasteiger partial charge in [-0.3, -0.25) is 13.9 Å². The van der Waals surface area contributed by atoms with Crippen LogP contribution in [0.15, 0.2) is 82.2 Å². The third kappa shape index (κ3) is 7.70. The number of carbonyl (C=O) groups excluding carboxylic acids is 2. The van der Waals surface area contributed by atoms with Crippen LogP contribution in [0.2, 0.25) is 0 Å². The number of carbonyl (C=O) groups is 2. The van der Waals surface area contributed by atoms with E-state index in [2.05, 4.69) is 21.2 Å². The van der Waals surface area contributed by atoms with Gasteiger partial charge in [-0.2, -0.15) is 0 Å². The molecule has 0 bridgehead atoms. The molecule has 1 N–H and O–H groups in total. The number of rotatable bonds is 11. The van der Waals surface area contributed by atoms with Crippen LogP contribution in [-0.2, 0) is 26.2 Å². The molecule has 0 heterocycles. The molecule has 0 aliphatic rings. The lowest BCUT2D eigenvalue weighted by Crippen LogP contribution is -2.52. The zero-order valence-corrected chi connectivity index (χ0v) is 25.4. The van der Waals surface area contributed by atoms with Gasteiger partial charge in [0.1, 0.15) is 12.6 Å². The molecule has 0 spiro atoms. The van der Waals surface area contributed by atoms with Crippen LogP contribution in [0.3, 0.4) is 0 Å². The number of benzene rings is 3. The van der Waals surface area contributed by atoms with Crippen molar-refractivity contribution in [2.75, 3.05) is 10.8 Å². The standard InChI is InChI=1S/C30H36BrN3O4S/c1-6-23(4)32-30(36)24(5)33(19-25-11-8-7-10-22(25)3)29(35)20-34(27-13-9-12-26(31)18-27)39(37,38)28-16-14-21(2)15-17-28/h7-18,23-24H,6,19-20H2,1-5H3,(H,32,36)/t23-,24-/m1/s1. The van der Waals surface area contributed by atoms with Gasteiger partial charge in [-0.25, -0.2) is 8.42 Å². The van der Waals surface area contributed by atoms with Gasteiger partial charge in [0.05, 0.1) is 10.6 Å². The molecule has 0 saturated carbocycles. The molecular formula is C30H36BrN3O4S. The number of amides is 2. The zero-order valence-electron chi connectivity index (χ0n) is 23.0. The molecule has 0 aliphatic heterocycles. The Morgan fingerprint density at radius 1 is 0.949 bits per heavy atom. The lowest BCUT2D eigenvalue weighted by Gasteiger charge is -2.32. The molecule has 0 unspecified atom stereocenters. The van der Waals surface area contributed by atoms with E-state index >= 15 is 0 Å². The molecule has 208 valence electrons. The lowest BCUT2D eigenvalue weighted by atomic mass is 10.1. The summed E-state index contributed by atoms with van der Waals surface area (Å²) >= 11 is 3.41. The highest BCUT2D eigenvalue weighted by Crippen LogP contribution is 2.27. The van der Waals surface area contributed by atoms with E-state index in [0.29, 0.717) is 10.2 Å². The molecule has 2 amide bonds. The SMILES string of the molecule is CC[C@@H](C)NC(=O)[C@@H](C)N(Cc1ccccc1C)C(=O)CN(c1cccc(Br)c1)S(=O)(=O)c1ccc(C)cc1. The van der Waals surface area contributed by atoms with Crippen molar-refractivity contribution in [2.45, 2.75) is 64.6 Å². The highest BCUT2D eigenvalue weighted by atomic mass is 79.9. The van der Waals surface area contributed by atoms with Crippen molar-refractivity contribution < 1.29 is 18.0 Å². The summed E-state index contributed by atoms with van der Waals surface area (Å²) in [4.78, 5) is 28.7. The number of halogens is 1. The molecule has 0 saturated heterocycles. The lowest BCUT2D eigenvalue weighted by molar-refractivity contribution is -0.139. The fourth-order valence-electron chi connectivity index (χ4n) is 4.02. The Morgan fingerprint density at radius 2 is 1.62 bits per heavy atom. The monoisotopic (exact) mass is 613 g/mol. The minimum absolute atomic E-state index is 0.0598. The number of nitrogens with zero attached hydrogens (tertiary/aromatic N) is 2. The van der Waals surface area contributed by atoms with E-state index in [1.807, 2.05) is 52.0 Å². The molecule has 3 aromatic carbocycles. The van der Waals surface area contributed by atoms with Gasteiger partial charge in [0.15, 0.2) is 0 Å². The predicted molar refractivity (Wildman–Crippen MR) is 159 cm³/mol. The number of nitrogens with one attached hydrogen (secondary N) is 1. The fraction of sp³-hybridized carbons (Fsp3) is 0.333. The second kappa shape index (κ2) is 13.3. The summed E-state index contributed by atoms with van der Waals surface area (Å²) in [7, 11) is -4.10. The fourth-order valence-corrected chi connectivity index (χ4v) is 5.81. The quantitative estimate of drug-likeness (QED) is 0.305. The average molecular weight is 615 g/mol. The van der Waals surface area contributed by atoms with Crippen LogP contribution in [0.25, 0.3) is 0 Å². The smallest absolute Gasteiger partial charge is 0.264 e. The molecule has 0 fully saturated rings. The first-order valence-electron chi connectivity index (χ1n) is 12.9. The maximum absolute atomic E-state index is 14.0. The predicted octanol–water partition coefficient (Wildman–Crippen LogP) is 5.59. The topological polar surface area (TPSA) is 86.8 Å². The maximum Gasteiger partial charge on any atom is 0.264 e. The number of hydrogen-bond donors (Lipinski definition) is 1. The Balaban J connectivity index is 2.04. The van der Waals surface area contributed by atoms with Crippen LogP contribution in [-0.4, -0.2) is 43.8 Å². The molecule has 0 aliphatic carbocycles. The highest BCUT2D eigenvalue weighted by Gasteiger charge is 2.33. The van der Waals surface area contributed by atoms with Crippen LogP contribution >= 0.6 is 15.9 Å². The molecule has 3 rings (SSSR count). The van der Waals surface area contributed by atoms with Crippen molar-refractivity contribution >= 4 is 43.5 Å². The first-order valence-corrected chi connectivity index (χ1v) is 15.2. The van der Waals surface area contributed by atoms with Gasteiger partial charge in [-0.05, 0) is 75.6 Å². The molecule has 39 heavy (non-hydrogen) atoms. The summed E-state index contributed by atoms with van der Waals surface area (Å²) in [6.45, 7) is 9.06. The molecule has 3 aromatic rings. The normalized spacial score (nSPS) is 12.9. The van der Waals surface area contributed by atoms with Crippen molar-refractivity contribution in [1.29, 1.82) is 0 Å². The molecule has 0 radical (unpaired) electrons. The van der Waals surface area contributed by atoms with Gasteiger partial charge >= 0.3 is 0 Å². The van der Waals surface area contributed by atoms with Crippen LogP contribution in [0.5, 0.6) is 0 Å². The van der Waals surface area contributed by atoms with Gasteiger partial charge in [0, 0.05) is 17.1 Å². The number of anilines is 1. The summed E-state index contributed by atoms with van der Waals surface area (Å²) in [5.41, 5.74) is 3.11. The summed E-state index contributed by atoms with van der Waals surface area (Å²) < 4.78 is 29.5. The number of hydrogen-bond acceptors (Lipinski definition) is 4. The van der Waals surface area contributed by atoms with Crippen molar-refractivity contribution in [3.05, 3.63) is 94.0 Å². The minimum Gasteiger partial charge on any atom is -0.352 e. The Morgan fingerprint density at radius 3 is 2.23 bits per heavy atom. The Hall–Kier alpha value is -3.17. The van der Waals surface area contributed by atoms with Gasteiger partial charge < -0.3 is 10.2 Å². The van der Waals surface area contributed by atoms with Gasteiger partial charge in [-0.1, -0.05) is 70.9 Å². The van der Waals surface area contributed by atoms with E-state index in [0.717, 1.165) is 27.4 Å². The average Bonchev–Trinajstić information content (AvgIpc) is 2.90. The Bertz CT molecular complexity index is 1410. The summed E-state index contributed by atoms with van der Waals surface area (Å²) in [5.74, 6) is -0.776. The zero-order chi connectivity index (χ0) is 28.7. The van der Waals surface area contributed by atoms with Crippen LogP contribution in [0.1, 0.15) is 43.9 Å². The molecule has 0 aromatic heterocycles. The Labute approximate surface area is 240 Å². The van der Waals surface area contributed by atoms with Crippen molar-refractivity contribution in [1.82, 2.24) is 10.2 Å². The first kappa shape index (κ1) is 30.4. The Kier molecular flexibility index (Phi) is 10.3. The van der Waals surface area contributed by atoms with E-state index < -0.39 is 28.5 Å². The van der Waals surface area contributed by atoms with E-state index in [4.69, 9.17) is 0 Å². The molecular weight excluding hydrogens is 578 g/mol. The van der Waals surface area contributed by atoms with E-state index in [-0.39, 0.29) is 23.4 Å². The van der Waals surface area contributed by atoms with Crippen LogP contribution in [0.4, 0.5) is 5.69 Å². The van der Waals surface area contributed by atoms with E-state index in [1.54, 1.807) is 43.3 Å². The molecule has 7 nitrogen and oxygen atoms in total. The number of sulfonamides is 1. The van der Waals surface area contributed by atoms with E-state index in [9.17, 15) is 18.0 Å². The summed E-state index contributed by atoms with van der Waals surface area (Å²) in [6.07, 6.45) is 0.746. The number of aryl methyl sites for hydroxylation is 2. The maximum atomic E-state index is 14.0. The van der Waals surface area contributed by atoms with Gasteiger partial charge in [-0.15, -0.1) is 0 Å². The third-order valence-corrected chi connectivity index (χ3v) is 9.04. The van der Waals surface area contributed by atoms with Crippen LogP contribution in [0, 0.1) is 13.8 Å². The third-order valence-electron chi connectivity index (χ3n) is 6.75. The minimum atomic E-state index is -4.10. The largest absolute Gasteiger partial charge is 0.352 e. The molecule has 2 atom stereocenters. The van der Waals surface area contributed by atoms with Gasteiger partial charge in [0.2, 0.25) is 11.8 Å². The van der Waals surface area contributed by atoms with Crippen LogP contribution < -0.4 is 9.62 Å². The van der Waals surface area contributed by atoms with E-state index in [1.165, 1.54) is 17.0 Å². The summed E-state index contributed by atoms with van der Waals surface area (Å²) in [5, 5.41) is 2.95. The van der Waals surface area contributed by atoms with Crippen molar-refractivity contribution in [2.24, 2.45) is 0 Å². The van der Waals surface area contributed by atoms with Crippen molar-refractivity contribution in [3.8, 4) is 0 Å². The van der Waals surface area contributed by atoms with Gasteiger partial charge in [0.25, 0.3) is 10.0 Å². The summed E-state index contributed by atoms with van der Waals surface area (Å²) in [6, 6.07) is 20.1.